The Kier molecular flexibility index (Phi) is 3.70. The standard InChI is InChI=1S/C8H9NO2.ClH/c1-5-4-9-6(2)3-7(5)8(10)11;/h3-4H,1-2H3,(H,10,11);1H. The molecule has 0 spiro atoms. The summed E-state index contributed by atoms with van der Waals surface area (Å²) in [6.07, 6.45) is 1.57. The van der Waals surface area contributed by atoms with Crippen molar-refractivity contribution in [2.24, 2.45) is 0 Å². The van der Waals surface area contributed by atoms with Crippen LogP contribution in [0.25, 0.3) is 0 Å². The van der Waals surface area contributed by atoms with Crippen LogP contribution in [0.2, 0.25) is 0 Å². The average Bonchev–Trinajstić information content (AvgIpc) is 1.94. The van der Waals surface area contributed by atoms with Crippen LogP contribution in [0.5, 0.6) is 0 Å². The smallest absolute Gasteiger partial charge is 0.336 e. The molecule has 12 heavy (non-hydrogen) atoms. The largest absolute Gasteiger partial charge is 0.478 e. The number of hydrogen-bond donors (Lipinski definition) is 1. The minimum atomic E-state index is -0.895. The topological polar surface area (TPSA) is 50.2 Å². The van der Waals surface area contributed by atoms with Gasteiger partial charge in [-0.05, 0) is 25.5 Å². The lowest BCUT2D eigenvalue weighted by Gasteiger charge is -1.99. The number of aromatic carboxylic acids is 1. The van der Waals surface area contributed by atoms with Crippen molar-refractivity contribution in [3.8, 4) is 0 Å². The Morgan fingerprint density at radius 3 is 2.50 bits per heavy atom. The summed E-state index contributed by atoms with van der Waals surface area (Å²) in [4.78, 5) is 14.5. The van der Waals surface area contributed by atoms with Gasteiger partial charge in [0.15, 0.2) is 0 Å². The van der Waals surface area contributed by atoms with Crippen molar-refractivity contribution in [1.29, 1.82) is 0 Å². The maximum absolute atomic E-state index is 10.5. The normalized spacial score (nSPS) is 8.83. The van der Waals surface area contributed by atoms with E-state index in [1.54, 1.807) is 26.1 Å². The molecule has 3 nitrogen and oxygen atoms in total. The van der Waals surface area contributed by atoms with Crippen molar-refractivity contribution in [3.05, 3.63) is 29.1 Å². The van der Waals surface area contributed by atoms with E-state index in [0.717, 1.165) is 5.69 Å². The van der Waals surface area contributed by atoms with E-state index in [-0.39, 0.29) is 12.4 Å². The second-order valence-electron chi connectivity index (χ2n) is 2.45. The van der Waals surface area contributed by atoms with Crippen molar-refractivity contribution in [3.63, 3.8) is 0 Å². The summed E-state index contributed by atoms with van der Waals surface area (Å²) in [5.41, 5.74) is 1.76. The molecule has 66 valence electrons. The molecule has 1 heterocycles. The Labute approximate surface area is 76.9 Å². The number of carboxylic acid groups (broad SMARTS) is 1. The third-order valence-electron chi connectivity index (χ3n) is 1.47. The van der Waals surface area contributed by atoms with Crippen LogP contribution in [0.3, 0.4) is 0 Å². The van der Waals surface area contributed by atoms with Gasteiger partial charge in [-0.25, -0.2) is 4.79 Å². The predicted octanol–water partition coefficient (Wildman–Crippen LogP) is 1.82. The first-order valence-corrected chi connectivity index (χ1v) is 3.28. The lowest BCUT2D eigenvalue weighted by atomic mass is 10.1. The van der Waals surface area contributed by atoms with Crippen LogP contribution >= 0.6 is 12.4 Å². The fraction of sp³-hybridized carbons (Fsp3) is 0.250. The third kappa shape index (κ3) is 2.20. The molecule has 0 fully saturated rings. The van der Waals surface area contributed by atoms with Crippen molar-refractivity contribution in [1.82, 2.24) is 4.98 Å². The monoisotopic (exact) mass is 187 g/mol. The summed E-state index contributed by atoms with van der Waals surface area (Å²) in [7, 11) is 0. The number of nitrogens with zero attached hydrogens (tertiary/aromatic N) is 1. The van der Waals surface area contributed by atoms with Gasteiger partial charge in [-0.2, -0.15) is 0 Å². The van der Waals surface area contributed by atoms with E-state index >= 15 is 0 Å². The fourth-order valence-electron chi connectivity index (χ4n) is 0.859. The molecule has 0 bridgehead atoms. The number of rotatable bonds is 1. The Hall–Kier alpha value is -1.09. The van der Waals surface area contributed by atoms with Crippen LogP contribution in [0, 0.1) is 13.8 Å². The highest BCUT2D eigenvalue weighted by Crippen LogP contribution is 2.06. The van der Waals surface area contributed by atoms with E-state index in [0.29, 0.717) is 11.1 Å². The quantitative estimate of drug-likeness (QED) is 0.730. The van der Waals surface area contributed by atoms with Gasteiger partial charge in [0, 0.05) is 11.9 Å². The van der Waals surface area contributed by atoms with Gasteiger partial charge in [-0.1, -0.05) is 0 Å². The first-order chi connectivity index (χ1) is 5.11. The van der Waals surface area contributed by atoms with Crippen LogP contribution in [0.15, 0.2) is 12.3 Å². The number of carbonyl (C=O) groups is 1. The first-order valence-electron chi connectivity index (χ1n) is 3.28. The molecule has 0 atom stereocenters. The van der Waals surface area contributed by atoms with Gasteiger partial charge in [0.1, 0.15) is 0 Å². The number of halogens is 1. The number of hydrogen-bond acceptors (Lipinski definition) is 2. The van der Waals surface area contributed by atoms with Crippen LogP contribution in [0.4, 0.5) is 0 Å². The lowest BCUT2D eigenvalue weighted by molar-refractivity contribution is 0.0696. The Bertz CT molecular complexity index is 299. The number of pyridine rings is 1. The van der Waals surface area contributed by atoms with E-state index in [9.17, 15) is 4.79 Å². The minimum absolute atomic E-state index is 0. The average molecular weight is 188 g/mol. The molecule has 0 aliphatic heterocycles. The predicted molar refractivity (Wildman–Crippen MR) is 47.9 cm³/mol. The molecular formula is C8H10ClNO2. The van der Waals surface area contributed by atoms with Crippen LogP contribution in [-0.2, 0) is 0 Å². The zero-order chi connectivity index (χ0) is 8.43. The van der Waals surface area contributed by atoms with Crippen LogP contribution in [-0.4, -0.2) is 16.1 Å². The molecular weight excluding hydrogens is 178 g/mol. The molecule has 0 amide bonds. The molecule has 1 N–H and O–H groups in total. The molecule has 4 heteroatoms. The van der Waals surface area contributed by atoms with E-state index in [1.165, 1.54) is 0 Å². The summed E-state index contributed by atoms with van der Waals surface area (Å²) < 4.78 is 0. The zero-order valence-corrected chi connectivity index (χ0v) is 7.68. The van der Waals surface area contributed by atoms with Crippen LogP contribution in [0.1, 0.15) is 21.6 Å². The van der Waals surface area contributed by atoms with Crippen molar-refractivity contribution < 1.29 is 9.90 Å². The van der Waals surface area contributed by atoms with Crippen molar-refractivity contribution >= 4 is 18.4 Å². The molecule has 0 saturated carbocycles. The van der Waals surface area contributed by atoms with E-state index < -0.39 is 5.97 Å². The van der Waals surface area contributed by atoms with E-state index in [2.05, 4.69) is 4.98 Å². The number of aromatic nitrogens is 1. The summed E-state index contributed by atoms with van der Waals surface area (Å²) in [5, 5.41) is 8.66. The van der Waals surface area contributed by atoms with Crippen molar-refractivity contribution in [2.45, 2.75) is 13.8 Å². The molecule has 0 radical (unpaired) electrons. The highest BCUT2D eigenvalue weighted by Gasteiger charge is 2.06. The molecule has 0 saturated heterocycles. The summed E-state index contributed by atoms with van der Waals surface area (Å²) >= 11 is 0. The Balaban J connectivity index is 0.00000121. The van der Waals surface area contributed by atoms with Gasteiger partial charge in [0.25, 0.3) is 0 Å². The van der Waals surface area contributed by atoms with E-state index in [1.807, 2.05) is 0 Å². The highest BCUT2D eigenvalue weighted by atomic mass is 35.5. The number of carboxylic acids is 1. The summed E-state index contributed by atoms with van der Waals surface area (Å²) in [6, 6.07) is 1.57. The Morgan fingerprint density at radius 2 is 2.08 bits per heavy atom. The molecule has 0 aliphatic rings. The molecule has 0 aliphatic carbocycles. The minimum Gasteiger partial charge on any atom is -0.478 e. The van der Waals surface area contributed by atoms with Gasteiger partial charge in [0.2, 0.25) is 0 Å². The maximum Gasteiger partial charge on any atom is 0.336 e. The SMILES string of the molecule is Cc1cc(C(=O)O)c(C)cn1.Cl. The molecule has 1 aromatic rings. The first kappa shape index (κ1) is 10.9. The highest BCUT2D eigenvalue weighted by molar-refractivity contribution is 5.89. The zero-order valence-electron chi connectivity index (χ0n) is 6.87. The van der Waals surface area contributed by atoms with Crippen molar-refractivity contribution in [2.75, 3.05) is 0 Å². The molecule has 1 rings (SSSR count). The maximum atomic E-state index is 10.5. The van der Waals surface area contributed by atoms with Gasteiger partial charge in [-0.15, -0.1) is 12.4 Å². The third-order valence-corrected chi connectivity index (χ3v) is 1.47. The number of aryl methyl sites for hydroxylation is 2. The lowest BCUT2D eigenvalue weighted by Crippen LogP contribution is -2.00. The van der Waals surface area contributed by atoms with Crippen LogP contribution < -0.4 is 0 Å². The second kappa shape index (κ2) is 4.07. The van der Waals surface area contributed by atoms with Gasteiger partial charge < -0.3 is 5.11 Å². The van der Waals surface area contributed by atoms with E-state index in [4.69, 9.17) is 5.11 Å². The molecule has 1 aromatic heterocycles. The second-order valence-corrected chi connectivity index (χ2v) is 2.45. The van der Waals surface area contributed by atoms with Gasteiger partial charge in [0.05, 0.1) is 5.56 Å². The Morgan fingerprint density at radius 1 is 1.50 bits per heavy atom. The van der Waals surface area contributed by atoms with Gasteiger partial charge in [-0.3, -0.25) is 4.98 Å². The summed E-state index contributed by atoms with van der Waals surface area (Å²) in [6.45, 7) is 3.50. The molecule has 0 unspecified atom stereocenters. The molecule has 0 aromatic carbocycles. The van der Waals surface area contributed by atoms with Gasteiger partial charge >= 0.3 is 5.97 Å². The fourth-order valence-corrected chi connectivity index (χ4v) is 0.859. The summed E-state index contributed by atoms with van der Waals surface area (Å²) in [5.74, 6) is -0.895.